The van der Waals surface area contributed by atoms with Crippen LogP contribution in [0.4, 0.5) is 4.39 Å². The Kier molecular flexibility index (Phi) is 4.71. The van der Waals surface area contributed by atoms with Gasteiger partial charge in [-0.3, -0.25) is 4.79 Å². The standard InChI is InChI=1S/C15H18FNO3/c16-12-8-4-3-7-11(12)9-13(15(19)20)17-14(18)10-5-1-2-6-10/h3-4,7-8,10,13H,1-2,5-6,9H2,(H,17,18)(H,19,20). The Morgan fingerprint density at radius 2 is 1.95 bits per heavy atom. The van der Waals surface area contributed by atoms with Crippen molar-refractivity contribution in [2.24, 2.45) is 5.92 Å². The van der Waals surface area contributed by atoms with Gasteiger partial charge in [0.2, 0.25) is 5.91 Å². The zero-order chi connectivity index (χ0) is 14.5. The van der Waals surface area contributed by atoms with E-state index in [2.05, 4.69) is 5.32 Å². The monoisotopic (exact) mass is 279 g/mol. The summed E-state index contributed by atoms with van der Waals surface area (Å²) >= 11 is 0. The summed E-state index contributed by atoms with van der Waals surface area (Å²) in [5.41, 5.74) is 0.298. The third kappa shape index (κ3) is 3.56. The number of carbonyl (C=O) groups is 2. The number of hydrogen-bond donors (Lipinski definition) is 2. The first kappa shape index (κ1) is 14.5. The van der Waals surface area contributed by atoms with Crippen molar-refractivity contribution in [1.29, 1.82) is 0 Å². The van der Waals surface area contributed by atoms with E-state index in [4.69, 9.17) is 0 Å². The fourth-order valence-corrected chi connectivity index (χ4v) is 2.56. The first-order valence-electron chi connectivity index (χ1n) is 6.84. The van der Waals surface area contributed by atoms with E-state index < -0.39 is 17.8 Å². The van der Waals surface area contributed by atoms with E-state index in [1.807, 2.05) is 0 Å². The molecule has 0 radical (unpaired) electrons. The molecule has 4 nitrogen and oxygen atoms in total. The minimum absolute atomic E-state index is 0.0412. The van der Waals surface area contributed by atoms with E-state index in [1.54, 1.807) is 12.1 Å². The fraction of sp³-hybridized carbons (Fsp3) is 0.467. The van der Waals surface area contributed by atoms with Crippen LogP contribution in [0.2, 0.25) is 0 Å². The van der Waals surface area contributed by atoms with Gasteiger partial charge in [-0.25, -0.2) is 9.18 Å². The van der Waals surface area contributed by atoms with Crippen molar-refractivity contribution in [1.82, 2.24) is 5.32 Å². The Morgan fingerprint density at radius 1 is 1.30 bits per heavy atom. The van der Waals surface area contributed by atoms with Crippen molar-refractivity contribution < 1.29 is 19.1 Å². The Hall–Kier alpha value is -1.91. The number of carboxylic acid groups (broad SMARTS) is 1. The highest BCUT2D eigenvalue weighted by Gasteiger charge is 2.27. The average Bonchev–Trinajstić information content (AvgIpc) is 2.94. The summed E-state index contributed by atoms with van der Waals surface area (Å²) in [7, 11) is 0. The van der Waals surface area contributed by atoms with Crippen LogP contribution in [0.3, 0.4) is 0 Å². The summed E-state index contributed by atoms with van der Waals surface area (Å²) in [5.74, 6) is -1.92. The Bertz CT molecular complexity index is 498. The van der Waals surface area contributed by atoms with E-state index in [0.29, 0.717) is 5.56 Å². The molecular formula is C15H18FNO3. The van der Waals surface area contributed by atoms with Crippen molar-refractivity contribution in [3.05, 3.63) is 35.6 Å². The first-order chi connectivity index (χ1) is 9.58. The number of halogens is 1. The lowest BCUT2D eigenvalue weighted by Gasteiger charge is -2.17. The number of amides is 1. The third-order valence-electron chi connectivity index (χ3n) is 3.72. The minimum Gasteiger partial charge on any atom is -0.480 e. The smallest absolute Gasteiger partial charge is 0.326 e. The normalized spacial score (nSPS) is 16.9. The summed E-state index contributed by atoms with van der Waals surface area (Å²) in [5, 5.41) is 11.7. The van der Waals surface area contributed by atoms with Crippen LogP contribution in [-0.2, 0) is 16.0 Å². The van der Waals surface area contributed by atoms with Crippen molar-refractivity contribution in [3.8, 4) is 0 Å². The lowest BCUT2D eigenvalue weighted by molar-refractivity contribution is -0.142. The number of nitrogens with one attached hydrogen (secondary N) is 1. The van der Waals surface area contributed by atoms with Crippen molar-refractivity contribution in [2.75, 3.05) is 0 Å². The number of rotatable bonds is 5. The largest absolute Gasteiger partial charge is 0.480 e. The van der Waals surface area contributed by atoms with Gasteiger partial charge in [-0.1, -0.05) is 31.0 Å². The van der Waals surface area contributed by atoms with E-state index >= 15 is 0 Å². The maximum Gasteiger partial charge on any atom is 0.326 e. The van der Waals surface area contributed by atoms with Gasteiger partial charge >= 0.3 is 5.97 Å². The Labute approximate surface area is 117 Å². The maximum atomic E-state index is 13.5. The molecule has 0 heterocycles. The molecule has 1 fully saturated rings. The van der Waals surface area contributed by atoms with Gasteiger partial charge in [-0.15, -0.1) is 0 Å². The van der Waals surface area contributed by atoms with Gasteiger partial charge in [0.25, 0.3) is 0 Å². The summed E-state index contributed by atoms with van der Waals surface area (Å²) < 4.78 is 13.5. The highest BCUT2D eigenvalue weighted by Crippen LogP contribution is 2.24. The van der Waals surface area contributed by atoms with Crippen LogP contribution in [0, 0.1) is 11.7 Å². The molecule has 1 aliphatic carbocycles. The predicted molar refractivity (Wildman–Crippen MR) is 71.6 cm³/mol. The van der Waals surface area contributed by atoms with Gasteiger partial charge in [0, 0.05) is 12.3 Å². The second-order valence-corrected chi connectivity index (χ2v) is 5.18. The molecule has 1 aromatic rings. The van der Waals surface area contributed by atoms with Gasteiger partial charge in [0.1, 0.15) is 11.9 Å². The molecule has 5 heteroatoms. The van der Waals surface area contributed by atoms with Crippen molar-refractivity contribution in [3.63, 3.8) is 0 Å². The quantitative estimate of drug-likeness (QED) is 0.867. The van der Waals surface area contributed by atoms with Gasteiger partial charge in [0.15, 0.2) is 0 Å². The minimum atomic E-state index is -1.14. The lowest BCUT2D eigenvalue weighted by Crippen LogP contribution is -2.44. The topological polar surface area (TPSA) is 66.4 Å². The molecular weight excluding hydrogens is 261 g/mol. The molecule has 0 spiro atoms. The molecule has 2 N–H and O–H groups in total. The van der Waals surface area contributed by atoms with E-state index in [1.165, 1.54) is 12.1 Å². The van der Waals surface area contributed by atoms with Crippen LogP contribution in [0.5, 0.6) is 0 Å². The van der Waals surface area contributed by atoms with Gasteiger partial charge in [-0.2, -0.15) is 0 Å². The molecule has 108 valence electrons. The average molecular weight is 279 g/mol. The van der Waals surface area contributed by atoms with Gasteiger partial charge in [-0.05, 0) is 24.5 Å². The zero-order valence-corrected chi connectivity index (χ0v) is 11.1. The SMILES string of the molecule is O=C(NC(Cc1ccccc1F)C(=O)O)C1CCCC1. The molecule has 2 rings (SSSR count). The van der Waals surface area contributed by atoms with Gasteiger partial charge < -0.3 is 10.4 Å². The van der Waals surface area contributed by atoms with E-state index in [0.717, 1.165) is 25.7 Å². The van der Waals surface area contributed by atoms with Crippen molar-refractivity contribution >= 4 is 11.9 Å². The number of carbonyl (C=O) groups excluding carboxylic acids is 1. The highest BCUT2D eigenvalue weighted by molar-refractivity contribution is 5.85. The fourth-order valence-electron chi connectivity index (χ4n) is 2.56. The second kappa shape index (κ2) is 6.50. The molecule has 0 saturated heterocycles. The Balaban J connectivity index is 2.02. The molecule has 1 aliphatic rings. The summed E-state index contributed by atoms with van der Waals surface area (Å²) in [6, 6.07) is 4.93. The summed E-state index contributed by atoms with van der Waals surface area (Å²) in [6.07, 6.45) is 3.57. The molecule has 1 unspecified atom stereocenters. The third-order valence-corrected chi connectivity index (χ3v) is 3.72. The molecule has 1 saturated carbocycles. The molecule has 1 atom stereocenters. The van der Waals surface area contributed by atoms with Crippen LogP contribution in [0.15, 0.2) is 24.3 Å². The zero-order valence-electron chi connectivity index (χ0n) is 11.1. The number of hydrogen-bond acceptors (Lipinski definition) is 2. The first-order valence-corrected chi connectivity index (χ1v) is 6.84. The molecule has 1 amide bonds. The molecule has 20 heavy (non-hydrogen) atoms. The molecule has 0 aromatic heterocycles. The van der Waals surface area contributed by atoms with Gasteiger partial charge in [0.05, 0.1) is 0 Å². The molecule has 0 bridgehead atoms. The highest BCUT2D eigenvalue weighted by atomic mass is 19.1. The van der Waals surface area contributed by atoms with E-state index in [-0.39, 0.29) is 18.2 Å². The maximum absolute atomic E-state index is 13.5. The predicted octanol–water partition coefficient (Wildman–Crippen LogP) is 2.13. The summed E-state index contributed by atoms with van der Waals surface area (Å²) in [6.45, 7) is 0. The second-order valence-electron chi connectivity index (χ2n) is 5.18. The van der Waals surface area contributed by atoms with E-state index in [9.17, 15) is 19.1 Å². The molecule has 0 aliphatic heterocycles. The number of carboxylic acids is 1. The van der Waals surface area contributed by atoms with Crippen LogP contribution in [0.1, 0.15) is 31.2 Å². The summed E-state index contributed by atoms with van der Waals surface area (Å²) in [4.78, 5) is 23.2. The molecule has 1 aromatic carbocycles. The van der Waals surface area contributed by atoms with Crippen LogP contribution >= 0.6 is 0 Å². The van der Waals surface area contributed by atoms with Crippen LogP contribution in [0.25, 0.3) is 0 Å². The number of aliphatic carboxylic acids is 1. The van der Waals surface area contributed by atoms with Crippen molar-refractivity contribution in [2.45, 2.75) is 38.1 Å². The lowest BCUT2D eigenvalue weighted by atomic mass is 10.0. The van der Waals surface area contributed by atoms with Crippen LogP contribution < -0.4 is 5.32 Å². The van der Waals surface area contributed by atoms with Crippen LogP contribution in [-0.4, -0.2) is 23.0 Å². The Morgan fingerprint density at radius 3 is 2.55 bits per heavy atom. The number of benzene rings is 1.